The second kappa shape index (κ2) is 6.17. The van der Waals surface area contributed by atoms with Crippen molar-refractivity contribution in [3.05, 3.63) is 11.6 Å². The number of hydrogen-bond acceptors (Lipinski definition) is 2. The molecule has 1 rings (SSSR count). The Morgan fingerprint density at radius 3 is 2.38 bits per heavy atom. The van der Waals surface area contributed by atoms with Gasteiger partial charge in [-0.15, -0.1) is 12.4 Å². The van der Waals surface area contributed by atoms with Crippen molar-refractivity contribution in [1.29, 1.82) is 0 Å². The topological polar surface area (TPSA) is 20.3 Å². The molecule has 1 heterocycles. The third-order valence-electron chi connectivity index (χ3n) is 2.17. The third kappa shape index (κ3) is 5.06. The molecule has 1 fully saturated rings. The first-order valence-electron chi connectivity index (χ1n) is 4.56. The van der Waals surface area contributed by atoms with Crippen LogP contribution in [0.2, 0.25) is 0 Å². The van der Waals surface area contributed by atoms with Crippen LogP contribution in [0.15, 0.2) is 11.6 Å². The number of ketones is 1. The van der Waals surface area contributed by atoms with E-state index in [9.17, 15) is 4.79 Å². The summed E-state index contributed by atoms with van der Waals surface area (Å²) >= 11 is 0. The molecule has 0 aromatic carbocycles. The maximum atomic E-state index is 10.9. The van der Waals surface area contributed by atoms with Gasteiger partial charge in [0.2, 0.25) is 0 Å². The Balaban J connectivity index is 0.00000144. The molecule has 2 nitrogen and oxygen atoms in total. The van der Waals surface area contributed by atoms with E-state index in [0.29, 0.717) is 5.78 Å². The zero-order valence-corrected chi connectivity index (χ0v) is 9.19. The molecule has 0 aromatic rings. The SMILES string of the molecule is CC(C)=CCN1CCC(=O)CC1.Cl. The van der Waals surface area contributed by atoms with E-state index in [2.05, 4.69) is 24.8 Å². The van der Waals surface area contributed by atoms with Gasteiger partial charge in [0.15, 0.2) is 0 Å². The van der Waals surface area contributed by atoms with Crippen LogP contribution in [-0.4, -0.2) is 30.3 Å². The Kier molecular flexibility index (Phi) is 6.00. The number of likely N-dealkylation sites (tertiary alicyclic amines) is 1. The van der Waals surface area contributed by atoms with Crippen LogP contribution in [0.5, 0.6) is 0 Å². The van der Waals surface area contributed by atoms with Gasteiger partial charge in [0.1, 0.15) is 5.78 Å². The third-order valence-corrected chi connectivity index (χ3v) is 2.17. The summed E-state index contributed by atoms with van der Waals surface area (Å²) in [6.07, 6.45) is 3.71. The minimum Gasteiger partial charge on any atom is -0.300 e. The zero-order valence-electron chi connectivity index (χ0n) is 8.38. The predicted octanol–water partition coefficient (Wildman–Crippen LogP) is 2.04. The van der Waals surface area contributed by atoms with Crippen molar-refractivity contribution < 1.29 is 4.79 Å². The first-order valence-corrected chi connectivity index (χ1v) is 4.56. The largest absolute Gasteiger partial charge is 0.300 e. The molecule has 3 heteroatoms. The monoisotopic (exact) mass is 203 g/mol. The highest BCUT2D eigenvalue weighted by Gasteiger charge is 2.14. The van der Waals surface area contributed by atoms with Crippen molar-refractivity contribution in [2.24, 2.45) is 0 Å². The van der Waals surface area contributed by atoms with E-state index < -0.39 is 0 Å². The van der Waals surface area contributed by atoms with Crippen LogP contribution >= 0.6 is 12.4 Å². The zero-order chi connectivity index (χ0) is 8.97. The van der Waals surface area contributed by atoms with Crippen LogP contribution in [0.4, 0.5) is 0 Å². The van der Waals surface area contributed by atoms with Crippen LogP contribution in [-0.2, 0) is 4.79 Å². The lowest BCUT2D eigenvalue weighted by molar-refractivity contribution is -0.121. The number of Topliss-reactive ketones (excluding diaryl/α,β-unsaturated/α-hetero) is 1. The van der Waals surface area contributed by atoms with Gasteiger partial charge in [-0.1, -0.05) is 11.6 Å². The smallest absolute Gasteiger partial charge is 0.135 e. The molecule has 0 amide bonds. The number of nitrogens with zero attached hydrogens (tertiary/aromatic N) is 1. The first-order chi connectivity index (χ1) is 5.68. The Labute approximate surface area is 86.4 Å². The summed E-state index contributed by atoms with van der Waals surface area (Å²) < 4.78 is 0. The molecule has 0 radical (unpaired) electrons. The molecule has 0 aromatic heterocycles. The van der Waals surface area contributed by atoms with Crippen molar-refractivity contribution in [3.8, 4) is 0 Å². The van der Waals surface area contributed by atoms with Gasteiger partial charge >= 0.3 is 0 Å². The summed E-state index contributed by atoms with van der Waals surface area (Å²) in [5.41, 5.74) is 1.35. The Hall–Kier alpha value is -0.340. The first kappa shape index (κ1) is 12.7. The summed E-state index contributed by atoms with van der Waals surface area (Å²) in [5.74, 6) is 0.420. The molecule has 1 saturated heterocycles. The summed E-state index contributed by atoms with van der Waals surface area (Å²) in [6.45, 7) is 7.12. The highest BCUT2D eigenvalue weighted by atomic mass is 35.5. The van der Waals surface area contributed by atoms with Crippen molar-refractivity contribution in [2.45, 2.75) is 26.7 Å². The number of allylic oxidation sites excluding steroid dienone is 1. The lowest BCUT2D eigenvalue weighted by Crippen LogP contribution is -2.33. The predicted molar refractivity (Wildman–Crippen MR) is 57.4 cm³/mol. The van der Waals surface area contributed by atoms with Gasteiger partial charge in [-0.25, -0.2) is 0 Å². The van der Waals surface area contributed by atoms with Crippen molar-refractivity contribution in [3.63, 3.8) is 0 Å². The minimum absolute atomic E-state index is 0. The van der Waals surface area contributed by atoms with E-state index in [4.69, 9.17) is 0 Å². The van der Waals surface area contributed by atoms with Crippen LogP contribution in [0, 0.1) is 0 Å². The van der Waals surface area contributed by atoms with E-state index in [1.165, 1.54) is 5.57 Å². The molecule has 0 spiro atoms. The van der Waals surface area contributed by atoms with Gasteiger partial charge in [-0.05, 0) is 13.8 Å². The molecule has 0 atom stereocenters. The molecule has 0 N–H and O–H groups in total. The fourth-order valence-electron chi connectivity index (χ4n) is 1.30. The van der Waals surface area contributed by atoms with Crippen LogP contribution < -0.4 is 0 Å². The number of carbonyl (C=O) groups is 1. The number of halogens is 1. The number of hydrogen-bond donors (Lipinski definition) is 0. The van der Waals surface area contributed by atoms with Gasteiger partial charge < -0.3 is 0 Å². The maximum absolute atomic E-state index is 10.9. The molecule has 0 saturated carbocycles. The number of piperidine rings is 1. The number of rotatable bonds is 2. The molecule has 76 valence electrons. The molecular weight excluding hydrogens is 186 g/mol. The lowest BCUT2D eigenvalue weighted by atomic mass is 10.1. The van der Waals surface area contributed by atoms with Gasteiger partial charge in [-0.3, -0.25) is 9.69 Å². The Morgan fingerprint density at radius 2 is 1.92 bits per heavy atom. The minimum atomic E-state index is 0. The van der Waals surface area contributed by atoms with Gasteiger partial charge in [0.05, 0.1) is 0 Å². The molecule has 0 unspecified atom stereocenters. The van der Waals surface area contributed by atoms with E-state index in [-0.39, 0.29) is 12.4 Å². The average Bonchev–Trinajstić information content (AvgIpc) is 2.03. The van der Waals surface area contributed by atoms with Crippen molar-refractivity contribution in [2.75, 3.05) is 19.6 Å². The van der Waals surface area contributed by atoms with E-state index in [0.717, 1.165) is 32.5 Å². The highest BCUT2D eigenvalue weighted by molar-refractivity contribution is 5.85. The van der Waals surface area contributed by atoms with Crippen LogP contribution in [0.3, 0.4) is 0 Å². The highest BCUT2D eigenvalue weighted by Crippen LogP contribution is 2.05. The molecule has 0 aliphatic carbocycles. The van der Waals surface area contributed by atoms with Gasteiger partial charge in [0, 0.05) is 32.5 Å². The van der Waals surface area contributed by atoms with Crippen molar-refractivity contribution >= 4 is 18.2 Å². The average molecular weight is 204 g/mol. The second-order valence-electron chi connectivity index (χ2n) is 3.62. The normalized spacial score (nSPS) is 17.8. The molecular formula is C10H18ClNO. The fourth-order valence-corrected chi connectivity index (χ4v) is 1.30. The summed E-state index contributed by atoms with van der Waals surface area (Å²) in [5, 5.41) is 0. The van der Waals surface area contributed by atoms with Gasteiger partial charge in [0.25, 0.3) is 0 Å². The maximum Gasteiger partial charge on any atom is 0.135 e. The molecule has 1 aliphatic rings. The molecule has 13 heavy (non-hydrogen) atoms. The summed E-state index contributed by atoms with van der Waals surface area (Å²) in [6, 6.07) is 0. The molecule has 1 aliphatic heterocycles. The van der Waals surface area contributed by atoms with E-state index in [1.807, 2.05) is 0 Å². The van der Waals surface area contributed by atoms with Gasteiger partial charge in [-0.2, -0.15) is 0 Å². The quantitative estimate of drug-likeness (QED) is 0.641. The number of carbonyl (C=O) groups excluding carboxylic acids is 1. The van der Waals surface area contributed by atoms with Crippen LogP contribution in [0.1, 0.15) is 26.7 Å². The summed E-state index contributed by atoms with van der Waals surface area (Å²) in [4.78, 5) is 13.2. The standard InChI is InChI=1S/C10H17NO.ClH/c1-9(2)3-6-11-7-4-10(12)5-8-11;/h3H,4-8H2,1-2H3;1H. The molecule has 0 bridgehead atoms. The lowest BCUT2D eigenvalue weighted by Gasteiger charge is -2.24. The Morgan fingerprint density at radius 1 is 1.38 bits per heavy atom. The van der Waals surface area contributed by atoms with E-state index in [1.54, 1.807) is 0 Å². The second-order valence-corrected chi connectivity index (χ2v) is 3.62. The Bertz CT molecular complexity index is 187. The fraction of sp³-hybridized carbons (Fsp3) is 0.700. The van der Waals surface area contributed by atoms with E-state index >= 15 is 0 Å². The van der Waals surface area contributed by atoms with Crippen molar-refractivity contribution in [1.82, 2.24) is 4.90 Å². The van der Waals surface area contributed by atoms with Crippen LogP contribution in [0.25, 0.3) is 0 Å². The summed E-state index contributed by atoms with van der Waals surface area (Å²) in [7, 11) is 0.